The van der Waals surface area contributed by atoms with Crippen LogP contribution in [0.5, 0.6) is 0 Å². The van der Waals surface area contributed by atoms with Gasteiger partial charge in [0.25, 0.3) is 0 Å². The van der Waals surface area contributed by atoms with Crippen molar-refractivity contribution in [3.8, 4) is 0 Å². The number of aliphatic hydroxyl groups excluding tert-OH is 1. The zero-order valence-electron chi connectivity index (χ0n) is 8.02. The molecule has 0 aliphatic carbocycles. The summed E-state index contributed by atoms with van der Waals surface area (Å²) in [6.07, 6.45) is 0. The van der Waals surface area contributed by atoms with Gasteiger partial charge in [-0.15, -0.1) is 0 Å². The third-order valence-corrected chi connectivity index (χ3v) is 0.771. The summed E-state index contributed by atoms with van der Waals surface area (Å²) in [5.74, 6) is 0. The van der Waals surface area contributed by atoms with Crippen LogP contribution < -0.4 is 0 Å². The number of rotatable bonds is 2. The molecule has 0 aliphatic heterocycles. The average molecular weight is 130 g/mol. The minimum absolute atomic E-state index is 0. The maximum absolute atomic E-state index is 8.39. The first-order valence-electron chi connectivity index (χ1n) is 2.47. The molecule has 0 spiro atoms. The number of likely N-dealkylation sites (N-methyl/N-ethyl adjacent to an activating group) is 1. The van der Waals surface area contributed by atoms with Gasteiger partial charge in [-0.3, -0.25) is 0 Å². The summed E-state index contributed by atoms with van der Waals surface area (Å²) in [6, 6.07) is 0. The van der Waals surface area contributed by atoms with E-state index in [2.05, 4.69) is 21.1 Å². The van der Waals surface area contributed by atoms with Crippen LogP contribution in [0.25, 0.3) is 0 Å². The SMILES string of the molecule is C[N+](C)(C)CCO.[H-].[H-].[Mg+2]. The van der Waals surface area contributed by atoms with Gasteiger partial charge in [-0.1, -0.05) is 0 Å². The van der Waals surface area contributed by atoms with Crippen molar-refractivity contribution in [2.45, 2.75) is 0 Å². The van der Waals surface area contributed by atoms with Crippen LogP contribution in [0, 0.1) is 0 Å². The van der Waals surface area contributed by atoms with Gasteiger partial charge < -0.3 is 12.4 Å². The van der Waals surface area contributed by atoms with Gasteiger partial charge in [-0.05, 0) is 0 Å². The molecule has 0 fully saturated rings. The maximum atomic E-state index is 8.39. The fourth-order valence-corrected chi connectivity index (χ4v) is 0.300. The molecular formula is C5H16MgNO+. The van der Waals surface area contributed by atoms with Crippen LogP contribution in [0.1, 0.15) is 2.85 Å². The maximum Gasteiger partial charge on any atom is 2.00 e. The molecule has 2 nitrogen and oxygen atoms in total. The molecule has 0 bridgehead atoms. The number of hydrogen-bond donors (Lipinski definition) is 1. The Labute approximate surface area is 70.2 Å². The zero-order chi connectivity index (χ0) is 5.91. The fourth-order valence-electron chi connectivity index (χ4n) is 0.300. The second-order valence-electron chi connectivity index (χ2n) is 2.74. The Morgan fingerprint density at radius 1 is 1.38 bits per heavy atom. The van der Waals surface area contributed by atoms with Crippen molar-refractivity contribution in [1.82, 2.24) is 0 Å². The van der Waals surface area contributed by atoms with E-state index >= 15 is 0 Å². The Bertz CT molecular complexity index is 58.1. The first-order chi connectivity index (χ1) is 3.06. The largest absolute Gasteiger partial charge is 2.00 e. The van der Waals surface area contributed by atoms with Crippen LogP contribution >= 0.6 is 0 Å². The molecule has 0 saturated heterocycles. The molecular weight excluding hydrogens is 114 g/mol. The molecule has 0 radical (unpaired) electrons. The average Bonchev–Trinajstić information content (AvgIpc) is 1.30. The first-order valence-corrected chi connectivity index (χ1v) is 2.47. The predicted octanol–water partition coefficient (Wildman–Crippen LogP) is -0.471. The first kappa shape index (κ1) is 11.5. The van der Waals surface area contributed by atoms with Gasteiger partial charge in [0.05, 0.1) is 27.7 Å². The van der Waals surface area contributed by atoms with Crippen molar-refractivity contribution in [2.75, 3.05) is 34.3 Å². The van der Waals surface area contributed by atoms with Gasteiger partial charge in [0.2, 0.25) is 0 Å². The summed E-state index contributed by atoms with van der Waals surface area (Å²) in [5, 5.41) is 8.39. The summed E-state index contributed by atoms with van der Waals surface area (Å²) in [6.45, 7) is 1.11. The number of hydrogen-bond acceptors (Lipinski definition) is 1. The van der Waals surface area contributed by atoms with Crippen LogP contribution in [-0.2, 0) is 0 Å². The van der Waals surface area contributed by atoms with Crippen LogP contribution in [0.4, 0.5) is 0 Å². The van der Waals surface area contributed by atoms with E-state index < -0.39 is 0 Å². The second-order valence-corrected chi connectivity index (χ2v) is 2.74. The molecule has 3 heteroatoms. The fraction of sp³-hybridized carbons (Fsp3) is 1.00. The molecule has 8 heavy (non-hydrogen) atoms. The van der Waals surface area contributed by atoms with E-state index in [1.807, 2.05) is 0 Å². The van der Waals surface area contributed by atoms with Crippen LogP contribution in [-0.4, -0.2) is 66.9 Å². The van der Waals surface area contributed by atoms with Gasteiger partial charge in [-0.25, -0.2) is 0 Å². The number of aliphatic hydroxyl groups is 1. The molecule has 0 aromatic carbocycles. The topological polar surface area (TPSA) is 20.2 Å². The van der Waals surface area contributed by atoms with Crippen LogP contribution in [0.2, 0.25) is 0 Å². The smallest absolute Gasteiger partial charge is 1.00 e. The number of quaternary nitrogens is 1. The van der Waals surface area contributed by atoms with Crippen molar-refractivity contribution < 1.29 is 12.4 Å². The van der Waals surface area contributed by atoms with Crippen molar-refractivity contribution >= 4 is 23.1 Å². The van der Waals surface area contributed by atoms with Gasteiger partial charge in [0.1, 0.15) is 6.54 Å². The molecule has 0 saturated carbocycles. The molecule has 0 amide bonds. The van der Waals surface area contributed by atoms with E-state index in [0.29, 0.717) is 0 Å². The van der Waals surface area contributed by atoms with E-state index in [1.54, 1.807) is 0 Å². The Kier molecular flexibility index (Phi) is 6.53. The van der Waals surface area contributed by atoms with Gasteiger partial charge >= 0.3 is 23.1 Å². The second kappa shape index (κ2) is 4.55. The van der Waals surface area contributed by atoms with Crippen molar-refractivity contribution in [1.29, 1.82) is 0 Å². The van der Waals surface area contributed by atoms with Gasteiger partial charge in [-0.2, -0.15) is 0 Å². The Hall–Kier alpha value is 0.686. The standard InChI is InChI=1S/C5H14NO.Mg.2H/c1-6(2,3)4-5-7;;;/h7H,4-5H2,1-3H3;;;/q+1;+2;2*-1. The molecule has 48 valence electrons. The quantitative estimate of drug-likeness (QED) is 0.396. The molecule has 0 aliphatic rings. The van der Waals surface area contributed by atoms with Crippen LogP contribution in [0.3, 0.4) is 0 Å². The van der Waals surface area contributed by atoms with E-state index in [-0.39, 0.29) is 32.5 Å². The van der Waals surface area contributed by atoms with Crippen molar-refractivity contribution in [3.63, 3.8) is 0 Å². The molecule has 0 unspecified atom stereocenters. The zero-order valence-corrected chi connectivity index (χ0v) is 7.43. The molecule has 0 rings (SSSR count). The Morgan fingerprint density at radius 3 is 1.75 bits per heavy atom. The van der Waals surface area contributed by atoms with Crippen molar-refractivity contribution in [3.05, 3.63) is 0 Å². The monoisotopic (exact) mass is 130 g/mol. The van der Waals surface area contributed by atoms with Gasteiger partial charge in [0, 0.05) is 0 Å². The molecule has 1 N–H and O–H groups in total. The Balaban J connectivity index is -0.0000000600. The van der Waals surface area contributed by atoms with E-state index in [9.17, 15) is 0 Å². The molecule has 0 aromatic heterocycles. The molecule has 0 aromatic rings. The summed E-state index contributed by atoms with van der Waals surface area (Å²) in [7, 11) is 6.16. The summed E-state index contributed by atoms with van der Waals surface area (Å²) < 4.78 is 0.844. The van der Waals surface area contributed by atoms with E-state index in [1.165, 1.54) is 0 Å². The van der Waals surface area contributed by atoms with Crippen LogP contribution in [0.15, 0.2) is 0 Å². The minimum Gasteiger partial charge on any atom is -1.00 e. The van der Waals surface area contributed by atoms with Gasteiger partial charge in [0.15, 0.2) is 0 Å². The predicted molar refractivity (Wildman–Crippen MR) is 38.0 cm³/mol. The third kappa shape index (κ3) is 9.84. The molecule has 0 heterocycles. The Morgan fingerprint density at radius 2 is 1.75 bits per heavy atom. The summed E-state index contributed by atoms with van der Waals surface area (Å²) in [4.78, 5) is 0. The number of nitrogens with zero attached hydrogens (tertiary/aromatic N) is 1. The normalized spacial score (nSPS) is 10.5. The molecule has 0 atom stereocenters. The summed E-state index contributed by atoms with van der Waals surface area (Å²) in [5.41, 5.74) is 0. The summed E-state index contributed by atoms with van der Waals surface area (Å²) >= 11 is 0. The van der Waals surface area contributed by atoms with E-state index in [0.717, 1.165) is 11.0 Å². The third-order valence-electron chi connectivity index (χ3n) is 0.771. The minimum atomic E-state index is 0. The van der Waals surface area contributed by atoms with E-state index in [4.69, 9.17) is 5.11 Å². The van der Waals surface area contributed by atoms with Crippen molar-refractivity contribution in [2.24, 2.45) is 0 Å².